The normalized spacial score (nSPS) is 7.00. The van der Waals surface area contributed by atoms with Crippen LogP contribution in [0.25, 0.3) is 0 Å². The van der Waals surface area contributed by atoms with Crippen LogP contribution in [0.1, 0.15) is 13.8 Å². The predicted octanol–water partition coefficient (Wildman–Crippen LogP) is 0.965. The summed E-state index contributed by atoms with van der Waals surface area (Å²) in [6.07, 6.45) is 1.69. The van der Waals surface area contributed by atoms with Crippen molar-refractivity contribution in [3.63, 3.8) is 0 Å². The van der Waals surface area contributed by atoms with Crippen molar-refractivity contribution in [1.82, 2.24) is 10.6 Å². The van der Waals surface area contributed by atoms with Gasteiger partial charge in [-0.05, 0) is 13.2 Å². The largest absolute Gasteiger partial charge is 0.390 e. The van der Waals surface area contributed by atoms with Gasteiger partial charge in [-0.15, -0.1) is 0 Å². The standard InChI is InChI=1S/C5H12N2.C2H6/c1-3-7-5-4-6-2;1-2/h3,6-7H,1,4-5H2,2H3;1-2H3. The van der Waals surface area contributed by atoms with E-state index in [0.29, 0.717) is 0 Å². The number of hydrogen-bond donors (Lipinski definition) is 2. The first-order valence-electron chi connectivity index (χ1n) is 3.40. The maximum absolute atomic E-state index is 3.49. The van der Waals surface area contributed by atoms with Crippen LogP contribution in [0.3, 0.4) is 0 Å². The summed E-state index contributed by atoms with van der Waals surface area (Å²) in [5.74, 6) is 0. The summed E-state index contributed by atoms with van der Waals surface area (Å²) in [4.78, 5) is 0. The summed E-state index contributed by atoms with van der Waals surface area (Å²) in [5.41, 5.74) is 0. The number of rotatable bonds is 4. The van der Waals surface area contributed by atoms with Gasteiger partial charge in [-0.25, -0.2) is 0 Å². The van der Waals surface area contributed by atoms with E-state index in [1.165, 1.54) is 0 Å². The predicted molar refractivity (Wildman–Crippen MR) is 43.5 cm³/mol. The highest BCUT2D eigenvalue weighted by molar-refractivity contribution is 4.62. The zero-order chi connectivity index (χ0) is 7.54. The van der Waals surface area contributed by atoms with Crippen LogP contribution in [0, 0.1) is 0 Å². The minimum atomic E-state index is 0.958. The Hall–Kier alpha value is -0.500. The molecule has 0 saturated carbocycles. The first-order valence-corrected chi connectivity index (χ1v) is 3.40. The number of nitrogens with one attached hydrogen (secondary N) is 2. The third kappa shape index (κ3) is 18.5. The molecule has 0 aromatic rings. The lowest BCUT2D eigenvalue weighted by Gasteiger charge is -1.95. The molecular formula is C7H18N2. The third-order valence-electron chi connectivity index (χ3n) is 0.664. The summed E-state index contributed by atoms with van der Waals surface area (Å²) in [6.45, 7) is 9.44. The maximum atomic E-state index is 3.49. The number of hydrogen-bond acceptors (Lipinski definition) is 2. The molecule has 0 amide bonds. The van der Waals surface area contributed by atoms with E-state index in [1.54, 1.807) is 6.20 Å². The Morgan fingerprint density at radius 1 is 1.33 bits per heavy atom. The van der Waals surface area contributed by atoms with Crippen molar-refractivity contribution in [3.05, 3.63) is 12.8 Å². The Kier molecular flexibility index (Phi) is 19.7. The van der Waals surface area contributed by atoms with E-state index in [1.807, 2.05) is 20.9 Å². The minimum Gasteiger partial charge on any atom is -0.390 e. The molecule has 56 valence electrons. The van der Waals surface area contributed by atoms with Gasteiger partial charge in [-0.2, -0.15) is 0 Å². The average Bonchev–Trinajstić information content (AvgIpc) is 1.94. The second kappa shape index (κ2) is 15.6. The molecule has 0 saturated heterocycles. The van der Waals surface area contributed by atoms with Gasteiger partial charge in [0.2, 0.25) is 0 Å². The molecule has 0 atom stereocenters. The molecule has 2 N–H and O–H groups in total. The zero-order valence-corrected chi connectivity index (χ0v) is 6.70. The molecule has 0 fully saturated rings. The topological polar surface area (TPSA) is 24.1 Å². The van der Waals surface area contributed by atoms with Crippen LogP contribution in [-0.2, 0) is 0 Å². The van der Waals surface area contributed by atoms with Crippen molar-refractivity contribution in [1.29, 1.82) is 0 Å². The molecule has 0 heterocycles. The molecule has 0 radical (unpaired) electrons. The monoisotopic (exact) mass is 130 g/mol. The smallest absolute Gasteiger partial charge is 0.0266 e. The Morgan fingerprint density at radius 2 is 1.89 bits per heavy atom. The van der Waals surface area contributed by atoms with Crippen LogP contribution in [0.15, 0.2) is 12.8 Å². The van der Waals surface area contributed by atoms with Crippen molar-refractivity contribution >= 4 is 0 Å². The summed E-state index contributed by atoms with van der Waals surface area (Å²) in [7, 11) is 1.92. The van der Waals surface area contributed by atoms with Gasteiger partial charge in [0.15, 0.2) is 0 Å². The van der Waals surface area contributed by atoms with E-state index in [4.69, 9.17) is 0 Å². The van der Waals surface area contributed by atoms with Crippen molar-refractivity contribution in [2.75, 3.05) is 20.1 Å². The van der Waals surface area contributed by atoms with E-state index in [2.05, 4.69) is 17.2 Å². The summed E-state index contributed by atoms with van der Waals surface area (Å²) in [6, 6.07) is 0. The van der Waals surface area contributed by atoms with Gasteiger partial charge >= 0.3 is 0 Å². The fourth-order valence-corrected chi connectivity index (χ4v) is 0.299. The van der Waals surface area contributed by atoms with Crippen molar-refractivity contribution in [2.45, 2.75) is 13.8 Å². The van der Waals surface area contributed by atoms with Gasteiger partial charge in [0.1, 0.15) is 0 Å². The van der Waals surface area contributed by atoms with E-state index in [-0.39, 0.29) is 0 Å². The van der Waals surface area contributed by atoms with Gasteiger partial charge < -0.3 is 10.6 Å². The minimum absolute atomic E-state index is 0.958. The second-order valence-corrected chi connectivity index (χ2v) is 1.26. The van der Waals surface area contributed by atoms with Gasteiger partial charge in [0.25, 0.3) is 0 Å². The highest BCUT2D eigenvalue weighted by atomic mass is 14.9. The van der Waals surface area contributed by atoms with E-state index in [0.717, 1.165) is 13.1 Å². The van der Waals surface area contributed by atoms with Gasteiger partial charge in [-0.1, -0.05) is 20.4 Å². The van der Waals surface area contributed by atoms with E-state index < -0.39 is 0 Å². The van der Waals surface area contributed by atoms with Crippen LogP contribution in [0.4, 0.5) is 0 Å². The fourth-order valence-electron chi connectivity index (χ4n) is 0.299. The lowest BCUT2D eigenvalue weighted by Crippen LogP contribution is -2.20. The molecule has 0 aliphatic rings. The molecule has 0 aromatic carbocycles. The summed E-state index contributed by atoms with van der Waals surface area (Å²) in [5, 5.41) is 5.94. The highest BCUT2D eigenvalue weighted by Gasteiger charge is 1.72. The van der Waals surface area contributed by atoms with Crippen LogP contribution >= 0.6 is 0 Å². The molecule has 0 aliphatic carbocycles. The third-order valence-corrected chi connectivity index (χ3v) is 0.664. The van der Waals surface area contributed by atoms with Gasteiger partial charge in [0.05, 0.1) is 0 Å². The van der Waals surface area contributed by atoms with Crippen LogP contribution in [0.5, 0.6) is 0 Å². The average molecular weight is 130 g/mol. The molecule has 2 nitrogen and oxygen atoms in total. The quantitative estimate of drug-likeness (QED) is 0.554. The summed E-state index contributed by atoms with van der Waals surface area (Å²) >= 11 is 0. The van der Waals surface area contributed by atoms with Crippen LogP contribution in [0.2, 0.25) is 0 Å². The molecule has 0 rings (SSSR count). The van der Waals surface area contributed by atoms with Crippen molar-refractivity contribution < 1.29 is 0 Å². The Balaban J connectivity index is 0. The highest BCUT2D eigenvalue weighted by Crippen LogP contribution is 1.52. The molecule has 0 aromatic heterocycles. The van der Waals surface area contributed by atoms with E-state index >= 15 is 0 Å². The lowest BCUT2D eigenvalue weighted by atomic mass is 10.6. The SMILES string of the molecule is C=CNCCNC.CC. The number of likely N-dealkylation sites (N-methyl/N-ethyl adjacent to an activating group) is 1. The molecule has 0 unspecified atom stereocenters. The Labute approximate surface area is 58.3 Å². The molecular weight excluding hydrogens is 112 g/mol. The van der Waals surface area contributed by atoms with Crippen molar-refractivity contribution in [2.24, 2.45) is 0 Å². The van der Waals surface area contributed by atoms with E-state index in [9.17, 15) is 0 Å². The van der Waals surface area contributed by atoms with Crippen LogP contribution in [-0.4, -0.2) is 20.1 Å². The summed E-state index contributed by atoms with van der Waals surface area (Å²) < 4.78 is 0. The molecule has 9 heavy (non-hydrogen) atoms. The Bertz CT molecular complexity index is 44.2. The fraction of sp³-hybridized carbons (Fsp3) is 0.714. The van der Waals surface area contributed by atoms with Crippen LogP contribution < -0.4 is 10.6 Å². The second-order valence-electron chi connectivity index (χ2n) is 1.26. The van der Waals surface area contributed by atoms with Gasteiger partial charge in [0, 0.05) is 13.1 Å². The maximum Gasteiger partial charge on any atom is 0.0266 e. The lowest BCUT2D eigenvalue weighted by molar-refractivity contribution is 0.741. The molecule has 0 aliphatic heterocycles. The first kappa shape index (κ1) is 11.3. The molecule has 0 spiro atoms. The zero-order valence-electron chi connectivity index (χ0n) is 6.70. The van der Waals surface area contributed by atoms with Gasteiger partial charge in [-0.3, -0.25) is 0 Å². The van der Waals surface area contributed by atoms with Crippen molar-refractivity contribution in [3.8, 4) is 0 Å². The first-order chi connectivity index (χ1) is 4.41. The molecule has 2 heteroatoms. The Morgan fingerprint density at radius 3 is 2.22 bits per heavy atom. The molecule has 0 bridgehead atoms.